The summed E-state index contributed by atoms with van der Waals surface area (Å²) in [6.45, 7) is 0. The monoisotopic (exact) mass is 267 g/mol. The van der Waals surface area contributed by atoms with Gasteiger partial charge in [0.15, 0.2) is 21.4 Å². The van der Waals surface area contributed by atoms with Crippen molar-refractivity contribution in [3.63, 3.8) is 0 Å². The molecule has 1 saturated heterocycles. The summed E-state index contributed by atoms with van der Waals surface area (Å²) >= 11 is 0. The summed E-state index contributed by atoms with van der Waals surface area (Å²) in [7, 11) is -3.16. The molecule has 2 aromatic rings. The van der Waals surface area contributed by atoms with E-state index >= 15 is 0 Å². The summed E-state index contributed by atoms with van der Waals surface area (Å²) in [5.74, 6) is 0.607. The zero-order chi connectivity index (χ0) is 12.8. The average molecular weight is 267 g/mol. The Labute approximate surface area is 104 Å². The largest absolute Gasteiger partial charge is 0.504 e. The molecule has 0 radical (unpaired) electrons. The molecule has 0 bridgehead atoms. The molecule has 96 valence electrons. The summed E-state index contributed by atoms with van der Waals surface area (Å²) in [5, 5.41) is 16.8. The van der Waals surface area contributed by atoms with E-state index < -0.39 is 15.1 Å². The van der Waals surface area contributed by atoms with Crippen LogP contribution in [0.4, 0.5) is 0 Å². The lowest BCUT2D eigenvalue weighted by Crippen LogP contribution is -2.23. The highest BCUT2D eigenvalue weighted by Crippen LogP contribution is 2.33. The maximum absolute atomic E-state index is 12.1. The average Bonchev–Trinajstić information content (AvgIpc) is 2.74. The SMILES string of the molecule is O=S1(=O)CCCCC1c1nnc2c(O)cccn12. The van der Waals surface area contributed by atoms with Gasteiger partial charge in [-0.25, -0.2) is 8.42 Å². The van der Waals surface area contributed by atoms with Crippen molar-refractivity contribution in [2.75, 3.05) is 5.75 Å². The molecule has 0 spiro atoms. The van der Waals surface area contributed by atoms with Crippen molar-refractivity contribution >= 4 is 15.5 Å². The fourth-order valence-corrected chi connectivity index (χ4v) is 4.28. The van der Waals surface area contributed by atoms with Crippen LogP contribution in [0.2, 0.25) is 0 Å². The van der Waals surface area contributed by atoms with Crippen molar-refractivity contribution in [3.05, 3.63) is 24.2 Å². The van der Waals surface area contributed by atoms with Crippen LogP contribution in [0.1, 0.15) is 30.3 Å². The highest BCUT2D eigenvalue weighted by Gasteiger charge is 2.34. The number of pyridine rings is 1. The van der Waals surface area contributed by atoms with Gasteiger partial charge >= 0.3 is 0 Å². The van der Waals surface area contributed by atoms with E-state index in [2.05, 4.69) is 10.2 Å². The normalized spacial score (nSPS) is 23.2. The molecule has 1 atom stereocenters. The number of aromatic hydroxyl groups is 1. The molecular weight excluding hydrogens is 254 g/mol. The third kappa shape index (κ3) is 1.66. The van der Waals surface area contributed by atoms with Crippen molar-refractivity contribution < 1.29 is 13.5 Å². The van der Waals surface area contributed by atoms with Crippen LogP contribution in [-0.2, 0) is 9.84 Å². The van der Waals surface area contributed by atoms with Gasteiger partial charge in [0.05, 0.1) is 5.75 Å². The quantitative estimate of drug-likeness (QED) is 0.835. The number of rotatable bonds is 1. The van der Waals surface area contributed by atoms with E-state index in [0.717, 1.165) is 6.42 Å². The van der Waals surface area contributed by atoms with Gasteiger partial charge in [-0.05, 0) is 25.0 Å². The Morgan fingerprint density at radius 3 is 2.94 bits per heavy atom. The summed E-state index contributed by atoms with van der Waals surface area (Å²) in [6.07, 6.45) is 3.83. The predicted octanol–water partition coefficient (Wildman–Crippen LogP) is 1.07. The molecule has 7 heteroatoms. The summed E-state index contributed by atoms with van der Waals surface area (Å²) in [6, 6.07) is 3.15. The summed E-state index contributed by atoms with van der Waals surface area (Å²) in [5.41, 5.74) is 0.299. The summed E-state index contributed by atoms with van der Waals surface area (Å²) in [4.78, 5) is 0. The van der Waals surface area contributed by atoms with E-state index in [-0.39, 0.29) is 11.5 Å². The van der Waals surface area contributed by atoms with Crippen LogP contribution >= 0.6 is 0 Å². The van der Waals surface area contributed by atoms with Gasteiger partial charge in [-0.3, -0.25) is 4.40 Å². The second kappa shape index (κ2) is 3.94. The minimum Gasteiger partial charge on any atom is -0.504 e. The van der Waals surface area contributed by atoms with Gasteiger partial charge in [0.1, 0.15) is 5.25 Å². The number of sulfone groups is 1. The Kier molecular flexibility index (Phi) is 2.51. The molecule has 0 saturated carbocycles. The van der Waals surface area contributed by atoms with Gasteiger partial charge in [-0.2, -0.15) is 0 Å². The second-order valence-corrected chi connectivity index (χ2v) is 6.80. The molecule has 1 N–H and O–H groups in total. The topological polar surface area (TPSA) is 84.6 Å². The van der Waals surface area contributed by atoms with E-state index in [4.69, 9.17) is 0 Å². The first-order valence-electron chi connectivity index (χ1n) is 5.84. The molecule has 1 fully saturated rings. The van der Waals surface area contributed by atoms with Gasteiger partial charge in [-0.1, -0.05) is 6.42 Å². The molecule has 1 aliphatic rings. The van der Waals surface area contributed by atoms with Crippen molar-refractivity contribution in [1.29, 1.82) is 0 Å². The Morgan fingerprint density at radius 2 is 2.17 bits per heavy atom. The zero-order valence-corrected chi connectivity index (χ0v) is 10.5. The van der Waals surface area contributed by atoms with E-state index in [1.807, 2.05) is 0 Å². The lowest BCUT2D eigenvalue weighted by atomic mass is 10.2. The molecule has 3 heterocycles. The van der Waals surface area contributed by atoms with Gasteiger partial charge in [0.25, 0.3) is 0 Å². The third-order valence-electron chi connectivity index (χ3n) is 3.31. The molecule has 0 aliphatic carbocycles. The van der Waals surface area contributed by atoms with Crippen LogP contribution in [0.3, 0.4) is 0 Å². The number of hydrogen-bond donors (Lipinski definition) is 1. The number of aromatic nitrogens is 3. The van der Waals surface area contributed by atoms with Crippen LogP contribution in [0.25, 0.3) is 5.65 Å². The maximum Gasteiger partial charge on any atom is 0.203 e. The van der Waals surface area contributed by atoms with Gasteiger partial charge in [0.2, 0.25) is 5.65 Å². The fraction of sp³-hybridized carbons (Fsp3) is 0.455. The van der Waals surface area contributed by atoms with E-state index in [0.29, 0.717) is 24.3 Å². The highest BCUT2D eigenvalue weighted by atomic mass is 32.2. The van der Waals surface area contributed by atoms with Crippen molar-refractivity contribution in [3.8, 4) is 5.75 Å². The minimum atomic E-state index is -3.16. The Balaban J connectivity index is 2.17. The van der Waals surface area contributed by atoms with E-state index in [1.165, 1.54) is 6.07 Å². The van der Waals surface area contributed by atoms with Gasteiger partial charge in [0, 0.05) is 6.20 Å². The molecule has 1 unspecified atom stereocenters. The number of fused-ring (bicyclic) bond motifs is 1. The third-order valence-corrected chi connectivity index (χ3v) is 5.48. The lowest BCUT2D eigenvalue weighted by molar-refractivity contribution is 0.477. The van der Waals surface area contributed by atoms with E-state index in [1.54, 1.807) is 16.7 Å². The molecule has 0 amide bonds. The first-order chi connectivity index (χ1) is 8.59. The smallest absolute Gasteiger partial charge is 0.203 e. The molecule has 2 aromatic heterocycles. The van der Waals surface area contributed by atoms with Crippen LogP contribution in [-0.4, -0.2) is 33.9 Å². The Morgan fingerprint density at radius 1 is 1.33 bits per heavy atom. The number of nitrogens with zero attached hydrogens (tertiary/aromatic N) is 3. The Bertz CT molecular complexity index is 693. The van der Waals surface area contributed by atoms with Gasteiger partial charge < -0.3 is 5.11 Å². The van der Waals surface area contributed by atoms with Crippen LogP contribution in [0, 0.1) is 0 Å². The van der Waals surface area contributed by atoms with Crippen molar-refractivity contribution in [2.45, 2.75) is 24.5 Å². The second-order valence-electron chi connectivity index (χ2n) is 4.50. The fourth-order valence-electron chi connectivity index (χ4n) is 2.38. The molecule has 6 nitrogen and oxygen atoms in total. The first kappa shape index (κ1) is 11.5. The summed E-state index contributed by atoms with van der Waals surface area (Å²) < 4.78 is 25.7. The maximum atomic E-state index is 12.1. The van der Waals surface area contributed by atoms with E-state index in [9.17, 15) is 13.5 Å². The molecule has 18 heavy (non-hydrogen) atoms. The highest BCUT2D eigenvalue weighted by molar-refractivity contribution is 7.91. The van der Waals surface area contributed by atoms with Gasteiger partial charge in [-0.15, -0.1) is 10.2 Å². The molecule has 3 rings (SSSR count). The lowest BCUT2D eigenvalue weighted by Gasteiger charge is -2.20. The van der Waals surface area contributed by atoms with Crippen LogP contribution in [0.5, 0.6) is 5.75 Å². The first-order valence-corrected chi connectivity index (χ1v) is 7.55. The molecular formula is C11H13N3O3S. The van der Waals surface area contributed by atoms with Crippen molar-refractivity contribution in [1.82, 2.24) is 14.6 Å². The van der Waals surface area contributed by atoms with Crippen molar-refractivity contribution in [2.24, 2.45) is 0 Å². The van der Waals surface area contributed by atoms with Crippen LogP contribution < -0.4 is 0 Å². The zero-order valence-electron chi connectivity index (χ0n) is 9.65. The standard InChI is InChI=1S/C11H13N3O3S/c15-8-4-3-6-14-10(8)12-13-11(14)9-5-1-2-7-18(9,16)17/h3-4,6,9,15H,1-2,5,7H2. The van der Waals surface area contributed by atoms with Crippen LogP contribution in [0.15, 0.2) is 18.3 Å². The minimum absolute atomic E-state index is 0.00413. The number of hydrogen-bond acceptors (Lipinski definition) is 5. The molecule has 1 aliphatic heterocycles. The Hall–Kier alpha value is -1.63. The molecule has 0 aromatic carbocycles. The predicted molar refractivity (Wildman–Crippen MR) is 65.0 cm³/mol.